The summed E-state index contributed by atoms with van der Waals surface area (Å²) in [5.41, 5.74) is -0.551. The molecular weight excluding hydrogens is 268 g/mol. The third kappa shape index (κ3) is 2.93. The first-order chi connectivity index (χ1) is 10.2. The van der Waals surface area contributed by atoms with Crippen LogP contribution >= 0.6 is 0 Å². The molecule has 3 rings (SSSR count). The van der Waals surface area contributed by atoms with Crippen LogP contribution in [0.2, 0.25) is 0 Å². The average molecular weight is 294 g/mol. The minimum atomic E-state index is -0.551. The maximum atomic E-state index is 12.3. The van der Waals surface area contributed by atoms with Crippen LogP contribution in [0.15, 0.2) is 0 Å². The molecule has 21 heavy (non-hydrogen) atoms. The third-order valence-corrected chi connectivity index (χ3v) is 5.27. The summed E-state index contributed by atoms with van der Waals surface area (Å²) in [5.74, 6) is -0.0634. The minimum Gasteiger partial charge on any atom is -0.378 e. The third-order valence-electron chi connectivity index (χ3n) is 5.27. The number of nitrogens with zero attached hydrogens (tertiary/aromatic N) is 1. The zero-order valence-corrected chi connectivity index (χ0v) is 12.7. The van der Waals surface area contributed by atoms with Gasteiger partial charge in [0, 0.05) is 13.2 Å². The largest absolute Gasteiger partial charge is 0.378 e. The molecule has 2 saturated heterocycles. The van der Waals surface area contributed by atoms with Crippen molar-refractivity contribution in [1.82, 2.24) is 10.2 Å². The van der Waals surface area contributed by atoms with Crippen molar-refractivity contribution in [1.29, 1.82) is 0 Å². The Bertz CT molecular complexity index is 396. The molecule has 0 aromatic heterocycles. The van der Waals surface area contributed by atoms with E-state index in [0.717, 1.165) is 58.0 Å². The Morgan fingerprint density at radius 2 is 1.90 bits per heavy atom. The number of carbonyl (C=O) groups excluding carboxylic acids is 2. The molecule has 1 unspecified atom stereocenters. The second-order valence-electron chi connectivity index (χ2n) is 6.63. The number of hydrogen-bond donors (Lipinski definition) is 1. The van der Waals surface area contributed by atoms with Gasteiger partial charge in [0.1, 0.15) is 5.54 Å². The molecule has 2 aliphatic heterocycles. The van der Waals surface area contributed by atoms with Gasteiger partial charge in [-0.3, -0.25) is 10.1 Å². The highest BCUT2D eigenvalue weighted by Crippen LogP contribution is 2.36. The summed E-state index contributed by atoms with van der Waals surface area (Å²) >= 11 is 0. The van der Waals surface area contributed by atoms with Crippen molar-refractivity contribution in [3.05, 3.63) is 0 Å². The first-order valence-corrected chi connectivity index (χ1v) is 8.47. The van der Waals surface area contributed by atoms with E-state index >= 15 is 0 Å². The SMILES string of the molecule is O=C1NC(=O)C2(CCCCCC2)N1CCCC1CCCO1. The van der Waals surface area contributed by atoms with E-state index in [0.29, 0.717) is 12.6 Å². The molecule has 0 radical (unpaired) electrons. The quantitative estimate of drug-likeness (QED) is 0.811. The lowest BCUT2D eigenvalue weighted by molar-refractivity contribution is -0.127. The van der Waals surface area contributed by atoms with Crippen LogP contribution in [0, 0.1) is 0 Å². The van der Waals surface area contributed by atoms with Gasteiger partial charge < -0.3 is 9.64 Å². The molecule has 118 valence electrons. The second kappa shape index (κ2) is 6.34. The van der Waals surface area contributed by atoms with E-state index in [2.05, 4.69) is 5.32 Å². The molecule has 5 heteroatoms. The van der Waals surface area contributed by atoms with E-state index in [-0.39, 0.29) is 11.9 Å². The standard InChI is InChI=1S/C16H26N2O3/c19-14-16(9-3-1-2-4-10-16)18(15(20)17-14)11-5-7-13-8-6-12-21-13/h13H,1-12H2,(H,17,19,20). The van der Waals surface area contributed by atoms with E-state index in [1.165, 1.54) is 12.8 Å². The fraction of sp³-hybridized carbons (Fsp3) is 0.875. The molecule has 1 spiro atoms. The average Bonchev–Trinajstić information content (AvgIpc) is 2.95. The van der Waals surface area contributed by atoms with E-state index in [9.17, 15) is 9.59 Å². The summed E-state index contributed by atoms with van der Waals surface area (Å²) in [6, 6.07) is -0.186. The fourth-order valence-corrected chi connectivity index (χ4v) is 4.07. The zero-order valence-electron chi connectivity index (χ0n) is 12.7. The van der Waals surface area contributed by atoms with E-state index in [1.54, 1.807) is 0 Å². The van der Waals surface area contributed by atoms with Crippen LogP contribution in [0.5, 0.6) is 0 Å². The van der Waals surface area contributed by atoms with Crippen LogP contribution in [-0.4, -0.2) is 41.6 Å². The summed E-state index contributed by atoms with van der Waals surface area (Å²) in [7, 11) is 0. The molecule has 0 bridgehead atoms. The Morgan fingerprint density at radius 1 is 1.14 bits per heavy atom. The summed E-state index contributed by atoms with van der Waals surface area (Å²) in [4.78, 5) is 26.3. The van der Waals surface area contributed by atoms with Gasteiger partial charge in [0.15, 0.2) is 0 Å². The van der Waals surface area contributed by atoms with Crippen LogP contribution in [-0.2, 0) is 9.53 Å². The monoisotopic (exact) mass is 294 g/mol. The topological polar surface area (TPSA) is 58.6 Å². The van der Waals surface area contributed by atoms with Gasteiger partial charge in [-0.15, -0.1) is 0 Å². The van der Waals surface area contributed by atoms with Crippen molar-refractivity contribution in [2.75, 3.05) is 13.2 Å². The van der Waals surface area contributed by atoms with Crippen molar-refractivity contribution < 1.29 is 14.3 Å². The highest BCUT2D eigenvalue weighted by atomic mass is 16.5. The van der Waals surface area contributed by atoms with Crippen LogP contribution < -0.4 is 5.32 Å². The number of urea groups is 1. The number of ether oxygens (including phenoxy) is 1. The molecule has 2 heterocycles. The Morgan fingerprint density at radius 3 is 2.57 bits per heavy atom. The molecule has 1 N–H and O–H groups in total. The molecule has 1 atom stereocenters. The first-order valence-electron chi connectivity index (χ1n) is 8.47. The molecule has 0 aromatic rings. The van der Waals surface area contributed by atoms with Gasteiger partial charge in [0.05, 0.1) is 6.10 Å². The summed E-state index contributed by atoms with van der Waals surface area (Å²) < 4.78 is 5.64. The minimum absolute atomic E-state index is 0.0634. The Kier molecular flexibility index (Phi) is 4.48. The second-order valence-corrected chi connectivity index (χ2v) is 6.63. The number of nitrogens with one attached hydrogen (secondary N) is 1. The van der Waals surface area contributed by atoms with E-state index in [4.69, 9.17) is 4.74 Å². The van der Waals surface area contributed by atoms with Crippen LogP contribution in [0.1, 0.15) is 64.2 Å². The summed E-state index contributed by atoms with van der Waals surface area (Å²) in [6.07, 6.45) is 10.6. The van der Waals surface area contributed by atoms with Gasteiger partial charge in [-0.2, -0.15) is 0 Å². The van der Waals surface area contributed by atoms with Crippen molar-refractivity contribution in [3.8, 4) is 0 Å². The number of imide groups is 1. The highest BCUT2D eigenvalue weighted by molar-refractivity contribution is 6.07. The Labute approximate surface area is 126 Å². The summed E-state index contributed by atoms with van der Waals surface area (Å²) in [6.45, 7) is 1.55. The highest BCUT2D eigenvalue weighted by Gasteiger charge is 2.51. The number of amides is 3. The lowest BCUT2D eigenvalue weighted by Crippen LogP contribution is -2.49. The molecule has 1 aliphatic carbocycles. The fourth-order valence-electron chi connectivity index (χ4n) is 4.07. The molecule has 3 fully saturated rings. The Hall–Kier alpha value is -1.10. The normalized spacial score (nSPS) is 29.0. The maximum Gasteiger partial charge on any atom is 0.325 e. The molecule has 1 saturated carbocycles. The van der Waals surface area contributed by atoms with Crippen LogP contribution in [0.4, 0.5) is 4.79 Å². The van der Waals surface area contributed by atoms with Crippen molar-refractivity contribution >= 4 is 11.9 Å². The first kappa shape index (κ1) is 14.8. The lowest BCUT2D eigenvalue weighted by atomic mass is 9.88. The smallest absolute Gasteiger partial charge is 0.325 e. The number of carbonyl (C=O) groups is 2. The molecular formula is C16H26N2O3. The van der Waals surface area contributed by atoms with Gasteiger partial charge in [0.25, 0.3) is 5.91 Å². The maximum absolute atomic E-state index is 12.3. The molecule has 3 aliphatic rings. The van der Waals surface area contributed by atoms with E-state index in [1.807, 2.05) is 4.90 Å². The predicted molar refractivity (Wildman–Crippen MR) is 78.9 cm³/mol. The summed E-state index contributed by atoms with van der Waals surface area (Å²) in [5, 5.41) is 2.55. The predicted octanol–water partition coefficient (Wildman–Crippen LogP) is 2.59. The molecule has 5 nitrogen and oxygen atoms in total. The number of rotatable bonds is 4. The van der Waals surface area contributed by atoms with Crippen LogP contribution in [0.3, 0.4) is 0 Å². The van der Waals surface area contributed by atoms with Crippen molar-refractivity contribution in [2.45, 2.75) is 75.9 Å². The van der Waals surface area contributed by atoms with Crippen molar-refractivity contribution in [2.24, 2.45) is 0 Å². The lowest BCUT2D eigenvalue weighted by Gasteiger charge is -2.34. The van der Waals surface area contributed by atoms with Crippen LogP contribution in [0.25, 0.3) is 0 Å². The van der Waals surface area contributed by atoms with Gasteiger partial charge in [-0.05, 0) is 38.5 Å². The Balaban J connectivity index is 1.62. The number of hydrogen-bond acceptors (Lipinski definition) is 3. The van der Waals surface area contributed by atoms with Gasteiger partial charge in [-0.25, -0.2) is 4.79 Å². The van der Waals surface area contributed by atoms with Gasteiger partial charge in [0.2, 0.25) is 0 Å². The van der Waals surface area contributed by atoms with Crippen molar-refractivity contribution in [3.63, 3.8) is 0 Å². The van der Waals surface area contributed by atoms with Gasteiger partial charge in [-0.1, -0.05) is 25.7 Å². The van der Waals surface area contributed by atoms with E-state index < -0.39 is 5.54 Å². The molecule has 3 amide bonds. The zero-order chi connectivity index (χ0) is 14.7. The van der Waals surface area contributed by atoms with Gasteiger partial charge >= 0.3 is 6.03 Å². The molecule has 0 aromatic carbocycles.